The SMILES string of the molecule is COC(=O)CC(c1ccc(OC)c(OCc2ccccc2)c1)N1C(=O)c2cscc2C1=O. The third kappa shape index (κ3) is 4.09. The standard InChI is InChI=1S/C24H21NO6S/c1-29-20-9-8-16(10-21(20)31-12-15-6-4-3-5-7-15)19(11-22(26)30-2)25-23(27)17-13-32-14-18(17)24(25)28/h3-10,13-14,19H,11-12H2,1-2H3. The van der Waals surface area contributed by atoms with Gasteiger partial charge in [0.25, 0.3) is 11.8 Å². The molecule has 0 saturated carbocycles. The molecule has 2 aromatic carbocycles. The lowest BCUT2D eigenvalue weighted by Crippen LogP contribution is -2.35. The summed E-state index contributed by atoms with van der Waals surface area (Å²) in [6.45, 7) is 0.306. The van der Waals surface area contributed by atoms with Gasteiger partial charge >= 0.3 is 5.97 Å². The summed E-state index contributed by atoms with van der Waals surface area (Å²) in [5.41, 5.74) is 2.24. The van der Waals surface area contributed by atoms with Crippen LogP contribution in [0.5, 0.6) is 11.5 Å². The molecular formula is C24H21NO6S. The average molecular weight is 452 g/mol. The molecule has 0 spiro atoms. The highest BCUT2D eigenvalue weighted by Gasteiger charge is 2.42. The second kappa shape index (κ2) is 9.23. The summed E-state index contributed by atoms with van der Waals surface area (Å²) in [5, 5.41) is 3.29. The smallest absolute Gasteiger partial charge is 0.307 e. The number of nitrogens with zero attached hydrogens (tertiary/aromatic N) is 1. The lowest BCUT2D eigenvalue weighted by molar-refractivity contribution is -0.141. The van der Waals surface area contributed by atoms with Crippen LogP contribution >= 0.6 is 11.3 Å². The Bertz CT molecular complexity index is 1130. The van der Waals surface area contributed by atoms with Crippen molar-refractivity contribution < 1.29 is 28.6 Å². The van der Waals surface area contributed by atoms with Gasteiger partial charge in [-0.2, -0.15) is 11.3 Å². The molecule has 32 heavy (non-hydrogen) atoms. The van der Waals surface area contributed by atoms with E-state index in [1.54, 1.807) is 29.0 Å². The molecule has 1 unspecified atom stereocenters. The van der Waals surface area contributed by atoms with E-state index >= 15 is 0 Å². The van der Waals surface area contributed by atoms with Crippen molar-refractivity contribution in [1.82, 2.24) is 4.90 Å². The van der Waals surface area contributed by atoms with E-state index in [1.165, 1.54) is 25.6 Å². The summed E-state index contributed by atoms with van der Waals surface area (Å²) in [5.74, 6) is -0.450. The third-order valence-corrected chi connectivity index (χ3v) is 6.01. The van der Waals surface area contributed by atoms with Crippen LogP contribution in [0.4, 0.5) is 0 Å². The Balaban J connectivity index is 1.68. The zero-order chi connectivity index (χ0) is 22.7. The van der Waals surface area contributed by atoms with Gasteiger partial charge in [0.1, 0.15) is 6.61 Å². The molecule has 7 nitrogen and oxygen atoms in total. The maximum Gasteiger partial charge on any atom is 0.307 e. The molecular weight excluding hydrogens is 430 g/mol. The molecule has 0 N–H and O–H groups in total. The summed E-state index contributed by atoms with van der Waals surface area (Å²) in [6.07, 6.45) is -0.174. The number of hydrogen-bond donors (Lipinski definition) is 0. The highest BCUT2D eigenvalue weighted by atomic mass is 32.1. The van der Waals surface area contributed by atoms with Crippen molar-refractivity contribution in [2.75, 3.05) is 14.2 Å². The molecule has 1 aliphatic rings. The van der Waals surface area contributed by atoms with Gasteiger partial charge in [-0.15, -0.1) is 0 Å². The van der Waals surface area contributed by atoms with Crippen LogP contribution in [0.3, 0.4) is 0 Å². The van der Waals surface area contributed by atoms with E-state index in [4.69, 9.17) is 14.2 Å². The lowest BCUT2D eigenvalue weighted by atomic mass is 10.0. The van der Waals surface area contributed by atoms with Crippen LogP contribution in [0.2, 0.25) is 0 Å². The molecule has 0 aliphatic carbocycles. The second-order valence-corrected chi connectivity index (χ2v) is 7.90. The molecule has 8 heteroatoms. The fraction of sp³-hybridized carbons (Fsp3) is 0.208. The van der Waals surface area contributed by atoms with Gasteiger partial charge in [0.05, 0.1) is 37.8 Å². The number of esters is 1. The first-order chi connectivity index (χ1) is 15.5. The normalized spacial score (nSPS) is 13.6. The zero-order valence-electron chi connectivity index (χ0n) is 17.6. The van der Waals surface area contributed by atoms with Crippen LogP contribution in [0.15, 0.2) is 59.3 Å². The predicted octanol–water partition coefficient (Wildman–Crippen LogP) is 4.24. The van der Waals surface area contributed by atoms with E-state index in [-0.39, 0.29) is 6.42 Å². The maximum absolute atomic E-state index is 13.0. The molecule has 0 fully saturated rings. The number of methoxy groups -OCH3 is 2. The van der Waals surface area contributed by atoms with Crippen molar-refractivity contribution >= 4 is 29.1 Å². The molecule has 3 aromatic rings. The largest absolute Gasteiger partial charge is 0.493 e. The number of carbonyl (C=O) groups is 3. The summed E-state index contributed by atoms with van der Waals surface area (Å²) >= 11 is 1.29. The van der Waals surface area contributed by atoms with Gasteiger partial charge in [-0.3, -0.25) is 19.3 Å². The van der Waals surface area contributed by atoms with Crippen molar-refractivity contribution in [2.24, 2.45) is 0 Å². The molecule has 4 rings (SSSR count). The van der Waals surface area contributed by atoms with Crippen molar-refractivity contribution in [2.45, 2.75) is 19.1 Å². The Hall–Kier alpha value is -3.65. The number of amides is 2. The minimum Gasteiger partial charge on any atom is -0.493 e. The molecule has 1 aliphatic heterocycles. The Morgan fingerprint density at radius 3 is 2.28 bits per heavy atom. The van der Waals surface area contributed by atoms with Gasteiger partial charge in [-0.25, -0.2) is 0 Å². The summed E-state index contributed by atoms with van der Waals surface area (Å²) in [6, 6.07) is 13.9. The van der Waals surface area contributed by atoms with Crippen molar-refractivity contribution in [3.63, 3.8) is 0 Å². The Morgan fingerprint density at radius 2 is 1.66 bits per heavy atom. The van der Waals surface area contributed by atoms with Crippen LogP contribution in [0.1, 0.15) is 44.3 Å². The number of rotatable bonds is 8. The Morgan fingerprint density at radius 1 is 0.969 bits per heavy atom. The predicted molar refractivity (Wildman–Crippen MR) is 118 cm³/mol. The molecule has 1 aromatic heterocycles. The van der Waals surface area contributed by atoms with E-state index in [0.29, 0.717) is 34.8 Å². The first-order valence-electron chi connectivity index (χ1n) is 9.89. The molecule has 1 atom stereocenters. The maximum atomic E-state index is 13.0. The minimum absolute atomic E-state index is 0.174. The monoisotopic (exact) mass is 451 g/mol. The average Bonchev–Trinajstić information content (AvgIpc) is 3.40. The molecule has 0 saturated heterocycles. The molecule has 2 amide bonds. The van der Waals surface area contributed by atoms with Gasteiger partial charge in [0, 0.05) is 10.8 Å². The Kier molecular flexibility index (Phi) is 6.23. The zero-order valence-corrected chi connectivity index (χ0v) is 18.4. The fourth-order valence-corrected chi connectivity index (χ4v) is 4.41. The van der Waals surface area contributed by atoms with Crippen LogP contribution in [0, 0.1) is 0 Å². The van der Waals surface area contributed by atoms with E-state index < -0.39 is 23.8 Å². The van der Waals surface area contributed by atoms with Gasteiger partial charge in [0.2, 0.25) is 0 Å². The van der Waals surface area contributed by atoms with E-state index in [0.717, 1.165) is 10.5 Å². The number of imide groups is 1. The van der Waals surface area contributed by atoms with E-state index in [2.05, 4.69) is 0 Å². The number of fused-ring (bicyclic) bond motifs is 1. The molecule has 2 heterocycles. The first-order valence-corrected chi connectivity index (χ1v) is 10.8. The van der Waals surface area contributed by atoms with Crippen LogP contribution in [0.25, 0.3) is 0 Å². The third-order valence-electron chi connectivity index (χ3n) is 5.27. The van der Waals surface area contributed by atoms with Crippen molar-refractivity contribution in [3.8, 4) is 11.5 Å². The Labute approximate surface area is 189 Å². The highest BCUT2D eigenvalue weighted by Crippen LogP contribution is 2.38. The lowest BCUT2D eigenvalue weighted by Gasteiger charge is -2.26. The van der Waals surface area contributed by atoms with Gasteiger partial charge < -0.3 is 14.2 Å². The number of benzene rings is 2. The first kappa shape index (κ1) is 21.6. The van der Waals surface area contributed by atoms with Crippen LogP contribution in [-0.2, 0) is 16.1 Å². The highest BCUT2D eigenvalue weighted by molar-refractivity contribution is 7.08. The summed E-state index contributed by atoms with van der Waals surface area (Å²) in [4.78, 5) is 39.2. The van der Waals surface area contributed by atoms with Gasteiger partial charge in [-0.1, -0.05) is 36.4 Å². The number of hydrogen-bond acceptors (Lipinski definition) is 7. The molecule has 0 bridgehead atoms. The minimum atomic E-state index is -0.843. The molecule has 164 valence electrons. The number of carbonyl (C=O) groups excluding carboxylic acids is 3. The second-order valence-electron chi connectivity index (χ2n) is 7.16. The fourth-order valence-electron chi connectivity index (χ4n) is 3.61. The number of thiophene rings is 1. The topological polar surface area (TPSA) is 82.1 Å². The van der Waals surface area contributed by atoms with Crippen LogP contribution < -0.4 is 9.47 Å². The van der Waals surface area contributed by atoms with Gasteiger partial charge in [-0.05, 0) is 23.3 Å². The van der Waals surface area contributed by atoms with Gasteiger partial charge in [0.15, 0.2) is 11.5 Å². The van der Waals surface area contributed by atoms with Crippen LogP contribution in [-0.4, -0.2) is 36.9 Å². The van der Waals surface area contributed by atoms with Crippen molar-refractivity contribution in [3.05, 3.63) is 81.5 Å². The molecule has 0 radical (unpaired) electrons. The summed E-state index contributed by atoms with van der Waals surface area (Å²) < 4.78 is 16.2. The van der Waals surface area contributed by atoms with E-state index in [1.807, 2.05) is 30.3 Å². The summed E-state index contributed by atoms with van der Waals surface area (Å²) in [7, 11) is 2.80. The quantitative estimate of drug-likeness (QED) is 0.376. The van der Waals surface area contributed by atoms with E-state index in [9.17, 15) is 14.4 Å². The van der Waals surface area contributed by atoms with Crippen molar-refractivity contribution in [1.29, 1.82) is 0 Å². The number of ether oxygens (including phenoxy) is 3.